The monoisotopic (exact) mass is 230 g/mol. The van der Waals surface area contributed by atoms with Gasteiger partial charge in [0.2, 0.25) is 0 Å². The summed E-state index contributed by atoms with van der Waals surface area (Å²) in [4.78, 5) is 10.9. The Bertz CT molecular complexity index is 572. The van der Waals surface area contributed by atoms with Gasteiger partial charge in [-0.25, -0.2) is 9.07 Å². The Kier molecular flexibility index (Phi) is 2.28. The van der Waals surface area contributed by atoms with Crippen molar-refractivity contribution in [2.75, 3.05) is 0 Å². The third-order valence-electron chi connectivity index (χ3n) is 3.14. The van der Waals surface area contributed by atoms with Crippen molar-refractivity contribution >= 4 is 6.29 Å². The molecule has 1 aromatic heterocycles. The molecule has 3 nitrogen and oxygen atoms in total. The third kappa shape index (κ3) is 1.56. The molecular weight excluding hydrogens is 219 g/mol. The summed E-state index contributed by atoms with van der Waals surface area (Å²) in [5.74, 6) is -0.270. The van der Waals surface area contributed by atoms with E-state index in [0.717, 1.165) is 42.5 Å². The normalized spacial score (nSPS) is 13.7. The van der Waals surface area contributed by atoms with Crippen molar-refractivity contribution in [3.63, 3.8) is 0 Å². The fraction of sp³-hybridized carbons (Fsp3) is 0.231. The summed E-state index contributed by atoms with van der Waals surface area (Å²) in [5.41, 5.74) is 3.45. The van der Waals surface area contributed by atoms with Crippen LogP contribution in [0.1, 0.15) is 28.2 Å². The van der Waals surface area contributed by atoms with E-state index in [0.29, 0.717) is 5.69 Å². The lowest BCUT2D eigenvalue weighted by Gasteiger charge is -2.04. The maximum Gasteiger partial charge on any atom is 0.170 e. The van der Waals surface area contributed by atoms with Crippen molar-refractivity contribution in [3.8, 4) is 5.69 Å². The molecule has 0 saturated carbocycles. The molecule has 0 N–H and O–H groups in total. The number of aldehydes is 1. The summed E-state index contributed by atoms with van der Waals surface area (Å²) in [6.45, 7) is 0. The van der Waals surface area contributed by atoms with Gasteiger partial charge in [0.05, 0.1) is 5.69 Å². The second-order valence-corrected chi connectivity index (χ2v) is 4.17. The highest BCUT2D eigenvalue weighted by Gasteiger charge is 2.22. The van der Waals surface area contributed by atoms with Crippen molar-refractivity contribution in [3.05, 3.63) is 47.0 Å². The summed E-state index contributed by atoms with van der Waals surface area (Å²) >= 11 is 0. The summed E-state index contributed by atoms with van der Waals surface area (Å²) in [5, 5.41) is 4.28. The molecule has 0 spiro atoms. The molecule has 0 atom stereocenters. The van der Waals surface area contributed by atoms with Gasteiger partial charge in [-0.2, -0.15) is 5.10 Å². The molecule has 86 valence electrons. The molecule has 0 aliphatic heterocycles. The largest absolute Gasteiger partial charge is 0.296 e. The zero-order valence-corrected chi connectivity index (χ0v) is 9.19. The number of aromatic nitrogens is 2. The van der Waals surface area contributed by atoms with E-state index >= 15 is 0 Å². The third-order valence-corrected chi connectivity index (χ3v) is 3.14. The molecule has 1 aliphatic carbocycles. The molecule has 3 rings (SSSR count). The number of hydrogen-bond acceptors (Lipinski definition) is 2. The minimum Gasteiger partial charge on any atom is -0.296 e. The first kappa shape index (κ1) is 10.2. The second-order valence-electron chi connectivity index (χ2n) is 4.17. The molecular formula is C13H11FN2O. The van der Waals surface area contributed by atoms with Crippen molar-refractivity contribution in [2.24, 2.45) is 0 Å². The standard InChI is InChI=1S/C13H11FN2O/c14-9-4-6-10(7-5-9)16-13-3-1-2-11(13)12(8-17)15-16/h4-8H,1-3H2. The van der Waals surface area contributed by atoms with E-state index in [1.165, 1.54) is 12.1 Å². The van der Waals surface area contributed by atoms with Gasteiger partial charge in [-0.1, -0.05) is 0 Å². The zero-order chi connectivity index (χ0) is 11.8. The lowest BCUT2D eigenvalue weighted by Crippen LogP contribution is -2.01. The average molecular weight is 230 g/mol. The molecule has 4 heteroatoms. The molecule has 2 aromatic rings. The highest BCUT2D eigenvalue weighted by atomic mass is 19.1. The number of benzene rings is 1. The number of fused-ring (bicyclic) bond motifs is 1. The Morgan fingerprint density at radius 2 is 2.00 bits per heavy atom. The van der Waals surface area contributed by atoms with E-state index < -0.39 is 0 Å². The topological polar surface area (TPSA) is 34.9 Å². The Hall–Kier alpha value is -1.97. The SMILES string of the molecule is O=Cc1nn(-c2ccc(F)cc2)c2c1CCC2. The van der Waals surface area contributed by atoms with Crippen molar-refractivity contribution < 1.29 is 9.18 Å². The van der Waals surface area contributed by atoms with Crippen LogP contribution in [-0.4, -0.2) is 16.1 Å². The molecule has 1 aliphatic rings. The van der Waals surface area contributed by atoms with Crippen LogP contribution in [0.2, 0.25) is 0 Å². The quantitative estimate of drug-likeness (QED) is 0.742. The average Bonchev–Trinajstić information content (AvgIpc) is 2.91. The number of carbonyl (C=O) groups is 1. The van der Waals surface area contributed by atoms with Gasteiger partial charge < -0.3 is 0 Å². The fourth-order valence-electron chi connectivity index (χ4n) is 2.36. The predicted molar refractivity (Wildman–Crippen MR) is 60.9 cm³/mol. The minimum absolute atomic E-state index is 0.270. The highest BCUT2D eigenvalue weighted by molar-refractivity contribution is 5.75. The molecule has 17 heavy (non-hydrogen) atoms. The van der Waals surface area contributed by atoms with E-state index in [4.69, 9.17) is 0 Å². The van der Waals surface area contributed by atoms with Crippen molar-refractivity contribution in [1.82, 2.24) is 9.78 Å². The van der Waals surface area contributed by atoms with E-state index in [-0.39, 0.29) is 5.82 Å². The summed E-state index contributed by atoms with van der Waals surface area (Å²) in [6.07, 6.45) is 3.68. The predicted octanol–water partition coefficient (Wildman–Crippen LogP) is 2.31. The summed E-state index contributed by atoms with van der Waals surface area (Å²) in [7, 11) is 0. The Morgan fingerprint density at radius 1 is 1.24 bits per heavy atom. The maximum atomic E-state index is 12.9. The molecule has 0 unspecified atom stereocenters. The lowest BCUT2D eigenvalue weighted by molar-refractivity contribution is 0.111. The summed E-state index contributed by atoms with van der Waals surface area (Å²) < 4.78 is 14.6. The van der Waals surface area contributed by atoms with Crippen LogP contribution in [0.4, 0.5) is 4.39 Å². The van der Waals surface area contributed by atoms with Crippen LogP contribution in [0.5, 0.6) is 0 Å². The van der Waals surface area contributed by atoms with Crippen molar-refractivity contribution in [1.29, 1.82) is 0 Å². The van der Waals surface area contributed by atoms with Crippen LogP contribution in [0.15, 0.2) is 24.3 Å². The first-order chi connectivity index (χ1) is 8.29. The van der Waals surface area contributed by atoms with Gasteiger partial charge in [0.25, 0.3) is 0 Å². The van der Waals surface area contributed by atoms with E-state index in [1.807, 2.05) is 0 Å². The maximum absolute atomic E-state index is 12.9. The number of nitrogens with zero attached hydrogens (tertiary/aromatic N) is 2. The zero-order valence-electron chi connectivity index (χ0n) is 9.19. The number of rotatable bonds is 2. The Labute approximate surface area is 97.9 Å². The van der Waals surface area contributed by atoms with Gasteiger partial charge in [-0.05, 0) is 43.5 Å². The van der Waals surface area contributed by atoms with E-state index in [1.54, 1.807) is 16.8 Å². The molecule has 0 amide bonds. The van der Waals surface area contributed by atoms with Crippen LogP contribution >= 0.6 is 0 Å². The van der Waals surface area contributed by atoms with E-state index in [2.05, 4.69) is 5.10 Å². The Balaban J connectivity index is 2.15. The number of halogens is 1. The molecule has 0 bridgehead atoms. The first-order valence-electron chi connectivity index (χ1n) is 5.61. The summed E-state index contributed by atoms with van der Waals surface area (Å²) in [6, 6.07) is 6.16. The fourth-order valence-corrected chi connectivity index (χ4v) is 2.36. The first-order valence-corrected chi connectivity index (χ1v) is 5.61. The van der Waals surface area contributed by atoms with Gasteiger partial charge in [0.15, 0.2) is 6.29 Å². The molecule has 1 heterocycles. The highest BCUT2D eigenvalue weighted by Crippen LogP contribution is 2.26. The molecule has 1 aromatic carbocycles. The van der Waals surface area contributed by atoms with Crippen LogP contribution in [0, 0.1) is 5.82 Å². The Morgan fingerprint density at radius 3 is 2.71 bits per heavy atom. The van der Waals surface area contributed by atoms with Gasteiger partial charge in [-0.15, -0.1) is 0 Å². The number of hydrogen-bond donors (Lipinski definition) is 0. The second kappa shape index (κ2) is 3.80. The van der Waals surface area contributed by atoms with Gasteiger partial charge >= 0.3 is 0 Å². The van der Waals surface area contributed by atoms with E-state index in [9.17, 15) is 9.18 Å². The van der Waals surface area contributed by atoms with Gasteiger partial charge in [0.1, 0.15) is 11.5 Å². The van der Waals surface area contributed by atoms with Gasteiger partial charge in [-0.3, -0.25) is 4.79 Å². The van der Waals surface area contributed by atoms with Crippen LogP contribution in [0.25, 0.3) is 5.69 Å². The minimum atomic E-state index is -0.270. The number of carbonyl (C=O) groups excluding carboxylic acids is 1. The van der Waals surface area contributed by atoms with Gasteiger partial charge in [0, 0.05) is 11.3 Å². The molecule has 0 saturated heterocycles. The van der Waals surface area contributed by atoms with Crippen LogP contribution in [-0.2, 0) is 12.8 Å². The molecule has 0 radical (unpaired) electrons. The van der Waals surface area contributed by atoms with Crippen molar-refractivity contribution in [2.45, 2.75) is 19.3 Å². The smallest absolute Gasteiger partial charge is 0.170 e. The van der Waals surface area contributed by atoms with Crippen LogP contribution in [0.3, 0.4) is 0 Å². The molecule has 0 fully saturated rings. The lowest BCUT2D eigenvalue weighted by atomic mass is 10.2. The van der Waals surface area contributed by atoms with Crippen LogP contribution < -0.4 is 0 Å².